The van der Waals surface area contributed by atoms with E-state index < -0.39 is 0 Å². The van der Waals surface area contributed by atoms with Crippen LogP contribution in [-0.4, -0.2) is 79.1 Å². The van der Waals surface area contributed by atoms with E-state index in [0.29, 0.717) is 55.0 Å². The number of hydrogen-bond donors (Lipinski definition) is 1. The van der Waals surface area contributed by atoms with Crippen molar-refractivity contribution in [2.45, 2.75) is 36.1 Å². The van der Waals surface area contributed by atoms with Gasteiger partial charge in [0.1, 0.15) is 0 Å². The van der Waals surface area contributed by atoms with E-state index in [2.05, 4.69) is 20.4 Å². The molecule has 9 nitrogen and oxygen atoms in total. The quantitative estimate of drug-likeness (QED) is 0.563. The van der Waals surface area contributed by atoms with Crippen LogP contribution < -0.4 is 19.7 Å². The number of para-hydroxylation sites is 1. The minimum Gasteiger partial charge on any atom is -0.493 e. The Labute approximate surface area is 201 Å². The van der Waals surface area contributed by atoms with Crippen LogP contribution in [0.4, 0.5) is 5.13 Å². The van der Waals surface area contributed by atoms with Crippen molar-refractivity contribution in [2.75, 3.05) is 51.1 Å². The summed E-state index contributed by atoms with van der Waals surface area (Å²) >= 11 is 2.91. The molecule has 0 unspecified atom stereocenters. The third-order valence-electron chi connectivity index (χ3n) is 5.91. The smallest absolute Gasteiger partial charge is 0.257 e. The highest BCUT2D eigenvalue weighted by Crippen LogP contribution is 2.32. The molecule has 2 heterocycles. The Hall–Kier alpha value is -2.53. The van der Waals surface area contributed by atoms with Crippen LogP contribution >= 0.6 is 23.1 Å². The second kappa shape index (κ2) is 11.1. The maximum atomic E-state index is 13.1. The van der Waals surface area contributed by atoms with Gasteiger partial charge in [0.25, 0.3) is 5.91 Å². The average Bonchev–Trinajstić information content (AvgIpc) is 3.54. The van der Waals surface area contributed by atoms with E-state index in [1.807, 2.05) is 4.90 Å². The molecule has 178 valence electrons. The molecule has 0 radical (unpaired) electrons. The molecule has 2 amide bonds. The molecule has 1 saturated heterocycles. The van der Waals surface area contributed by atoms with Gasteiger partial charge in [0.2, 0.25) is 11.0 Å². The van der Waals surface area contributed by atoms with Gasteiger partial charge in [-0.1, -0.05) is 42.0 Å². The molecule has 0 bridgehead atoms. The second-order valence-corrected chi connectivity index (χ2v) is 10.2. The molecule has 2 fully saturated rings. The normalized spacial score (nSPS) is 16.7. The molecule has 0 spiro atoms. The molecule has 0 atom stereocenters. The number of hydrogen-bond acceptors (Lipinski definition) is 9. The van der Waals surface area contributed by atoms with E-state index >= 15 is 0 Å². The number of nitrogens with one attached hydrogen (secondary N) is 1. The summed E-state index contributed by atoms with van der Waals surface area (Å²) in [6, 6.07) is 5.66. The van der Waals surface area contributed by atoms with Gasteiger partial charge in [-0.3, -0.25) is 9.59 Å². The van der Waals surface area contributed by atoms with Crippen molar-refractivity contribution in [3.63, 3.8) is 0 Å². The molecule has 1 aromatic heterocycles. The summed E-state index contributed by atoms with van der Waals surface area (Å²) in [5.41, 5.74) is 0.496. The highest BCUT2D eigenvalue weighted by atomic mass is 32.2. The van der Waals surface area contributed by atoms with Crippen LogP contribution in [0, 0.1) is 0 Å². The summed E-state index contributed by atoms with van der Waals surface area (Å²) in [6.45, 7) is 2.48. The van der Waals surface area contributed by atoms with Gasteiger partial charge in [0.15, 0.2) is 15.8 Å². The highest BCUT2D eigenvalue weighted by Gasteiger charge is 2.27. The zero-order chi connectivity index (χ0) is 23.2. The number of amides is 2. The van der Waals surface area contributed by atoms with Gasteiger partial charge in [-0.25, -0.2) is 0 Å². The average molecular weight is 492 g/mol. The largest absolute Gasteiger partial charge is 0.493 e. The van der Waals surface area contributed by atoms with E-state index in [0.717, 1.165) is 22.3 Å². The summed E-state index contributed by atoms with van der Waals surface area (Å²) in [5.74, 6) is 1.33. The SMILES string of the molecule is COc1cccc(C(=O)N2CCN(c3nnc(SCC(=O)NC4CCCC4)s3)CC2)c1OC. The summed E-state index contributed by atoms with van der Waals surface area (Å²) in [6.07, 6.45) is 4.56. The van der Waals surface area contributed by atoms with Crippen molar-refractivity contribution >= 4 is 40.0 Å². The number of benzene rings is 1. The lowest BCUT2D eigenvalue weighted by atomic mass is 10.1. The van der Waals surface area contributed by atoms with E-state index in [1.165, 1.54) is 43.1 Å². The van der Waals surface area contributed by atoms with Crippen molar-refractivity contribution in [3.05, 3.63) is 23.8 Å². The first-order chi connectivity index (χ1) is 16.1. The molecule has 1 saturated carbocycles. The predicted octanol–water partition coefficient (Wildman–Crippen LogP) is 2.67. The molecule has 1 aliphatic carbocycles. The number of nitrogens with zero attached hydrogens (tertiary/aromatic N) is 4. The first-order valence-corrected chi connectivity index (χ1v) is 12.9. The van der Waals surface area contributed by atoms with Crippen LogP contribution in [0.1, 0.15) is 36.0 Å². The summed E-state index contributed by atoms with van der Waals surface area (Å²) in [7, 11) is 3.09. The Balaban J connectivity index is 1.28. The predicted molar refractivity (Wildman–Crippen MR) is 129 cm³/mol. The first kappa shape index (κ1) is 23.6. The second-order valence-electron chi connectivity index (χ2n) is 8.01. The molecule has 2 aliphatic rings. The van der Waals surface area contributed by atoms with E-state index in [-0.39, 0.29) is 11.8 Å². The number of rotatable bonds is 8. The standard InChI is InChI=1S/C22H29N5O4S2/c1-30-17-9-5-8-16(19(17)31-2)20(29)26-10-12-27(13-11-26)21-24-25-22(33-21)32-14-18(28)23-15-6-3-4-7-15/h5,8-9,15H,3-4,6-7,10-14H2,1-2H3,(H,23,28). The number of carbonyl (C=O) groups excluding carboxylic acids is 2. The molecular formula is C22H29N5O4S2. The Bertz CT molecular complexity index is 971. The number of piperazine rings is 1. The topological polar surface area (TPSA) is 96.9 Å². The lowest BCUT2D eigenvalue weighted by Crippen LogP contribution is -2.48. The number of methoxy groups -OCH3 is 2. The van der Waals surface area contributed by atoms with Gasteiger partial charge in [-0.15, -0.1) is 10.2 Å². The van der Waals surface area contributed by atoms with Crippen LogP contribution in [0.2, 0.25) is 0 Å². The van der Waals surface area contributed by atoms with Gasteiger partial charge in [-0.05, 0) is 25.0 Å². The minimum absolute atomic E-state index is 0.0590. The molecule has 33 heavy (non-hydrogen) atoms. The van der Waals surface area contributed by atoms with Crippen LogP contribution in [0.15, 0.2) is 22.5 Å². The van der Waals surface area contributed by atoms with Crippen LogP contribution in [0.3, 0.4) is 0 Å². The van der Waals surface area contributed by atoms with Crippen molar-refractivity contribution in [2.24, 2.45) is 0 Å². The Kier molecular flexibility index (Phi) is 7.92. The third-order valence-corrected chi connectivity index (χ3v) is 8.03. The fraction of sp³-hybridized carbons (Fsp3) is 0.545. The van der Waals surface area contributed by atoms with Gasteiger partial charge >= 0.3 is 0 Å². The molecule has 2 aromatic rings. The summed E-state index contributed by atoms with van der Waals surface area (Å²) in [4.78, 5) is 29.2. The number of aromatic nitrogens is 2. The Morgan fingerprint density at radius 3 is 2.58 bits per heavy atom. The first-order valence-electron chi connectivity index (χ1n) is 11.1. The highest BCUT2D eigenvalue weighted by molar-refractivity contribution is 8.01. The third kappa shape index (κ3) is 5.70. The van der Waals surface area contributed by atoms with Gasteiger partial charge in [0, 0.05) is 32.2 Å². The molecule has 1 aliphatic heterocycles. The van der Waals surface area contributed by atoms with Crippen molar-refractivity contribution in [1.82, 2.24) is 20.4 Å². The fourth-order valence-electron chi connectivity index (χ4n) is 4.18. The summed E-state index contributed by atoms with van der Waals surface area (Å²) < 4.78 is 11.5. The summed E-state index contributed by atoms with van der Waals surface area (Å²) in [5, 5.41) is 12.5. The fourth-order valence-corrected chi connectivity index (χ4v) is 5.89. The number of thioether (sulfide) groups is 1. The number of ether oxygens (including phenoxy) is 2. The Morgan fingerprint density at radius 1 is 1.12 bits per heavy atom. The van der Waals surface area contributed by atoms with E-state index in [9.17, 15) is 9.59 Å². The maximum Gasteiger partial charge on any atom is 0.257 e. The van der Waals surface area contributed by atoms with Gasteiger partial charge < -0.3 is 24.6 Å². The van der Waals surface area contributed by atoms with Gasteiger partial charge in [0.05, 0.1) is 25.5 Å². The van der Waals surface area contributed by atoms with Crippen molar-refractivity contribution < 1.29 is 19.1 Å². The number of anilines is 1. The molecule has 4 rings (SSSR count). The van der Waals surface area contributed by atoms with E-state index in [4.69, 9.17) is 9.47 Å². The van der Waals surface area contributed by atoms with Crippen molar-refractivity contribution in [3.8, 4) is 11.5 Å². The monoisotopic (exact) mass is 491 g/mol. The molecular weight excluding hydrogens is 462 g/mol. The lowest BCUT2D eigenvalue weighted by Gasteiger charge is -2.34. The van der Waals surface area contributed by atoms with E-state index in [1.54, 1.807) is 25.3 Å². The molecule has 1 N–H and O–H groups in total. The maximum absolute atomic E-state index is 13.1. The zero-order valence-electron chi connectivity index (χ0n) is 18.9. The Morgan fingerprint density at radius 2 is 1.88 bits per heavy atom. The van der Waals surface area contributed by atoms with Crippen LogP contribution in [0.25, 0.3) is 0 Å². The number of carbonyl (C=O) groups is 2. The lowest BCUT2D eigenvalue weighted by molar-refractivity contribution is -0.119. The van der Waals surface area contributed by atoms with Gasteiger partial charge in [-0.2, -0.15) is 0 Å². The van der Waals surface area contributed by atoms with Crippen LogP contribution in [0.5, 0.6) is 11.5 Å². The molecule has 11 heteroatoms. The zero-order valence-corrected chi connectivity index (χ0v) is 20.5. The minimum atomic E-state index is -0.0767. The molecule has 1 aromatic carbocycles. The van der Waals surface area contributed by atoms with Crippen LogP contribution in [-0.2, 0) is 4.79 Å². The van der Waals surface area contributed by atoms with Crippen molar-refractivity contribution in [1.29, 1.82) is 0 Å².